The molecule has 0 spiro atoms. The summed E-state index contributed by atoms with van der Waals surface area (Å²) in [6.45, 7) is -2.80. The van der Waals surface area contributed by atoms with Crippen molar-refractivity contribution in [2.45, 2.75) is 49.8 Å². The largest absolute Gasteiger partial charge is 0.496 e. The van der Waals surface area contributed by atoms with Crippen molar-refractivity contribution in [1.29, 1.82) is 0 Å². The van der Waals surface area contributed by atoms with E-state index in [9.17, 15) is 18.0 Å². The molecule has 1 aliphatic carbocycles. The number of hydrogen-bond acceptors (Lipinski definition) is 6. The Labute approximate surface area is 255 Å². The maximum atomic E-state index is 13.2. The van der Waals surface area contributed by atoms with E-state index in [1.165, 1.54) is 30.3 Å². The molecule has 0 aliphatic heterocycles. The lowest BCUT2D eigenvalue weighted by molar-refractivity contribution is 0.0980. The summed E-state index contributed by atoms with van der Waals surface area (Å²) < 4.78 is 127. The minimum atomic E-state index is -4.69. The molecule has 0 unspecified atom stereocenters. The van der Waals surface area contributed by atoms with Crippen LogP contribution >= 0.6 is 0 Å². The molecule has 5 rings (SSSR count). The normalized spacial score (nSPS) is 21.5. The van der Waals surface area contributed by atoms with Gasteiger partial charge in [0.05, 0.1) is 17.4 Å². The van der Waals surface area contributed by atoms with Crippen LogP contribution in [-0.4, -0.2) is 38.1 Å². The third kappa shape index (κ3) is 6.22. The lowest BCUT2D eigenvalue weighted by Crippen LogP contribution is -2.31. The number of amides is 2. The topological polar surface area (TPSA) is 116 Å². The van der Waals surface area contributed by atoms with Gasteiger partial charge in [-0.05, 0) is 85.5 Å². The summed E-state index contributed by atoms with van der Waals surface area (Å²) in [5, 5.41) is 2.98. The van der Waals surface area contributed by atoms with Gasteiger partial charge in [-0.1, -0.05) is 24.3 Å². The number of carbonyl (C=O) groups excluding carboxylic acids is 2. The van der Waals surface area contributed by atoms with Crippen molar-refractivity contribution in [3.8, 4) is 5.75 Å². The maximum absolute atomic E-state index is 13.2. The number of hydrogen-bond donors (Lipinski definition) is 2. The Kier molecular flexibility index (Phi) is 4.97. The fourth-order valence-electron chi connectivity index (χ4n) is 4.49. The smallest absolute Gasteiger partial charge is 0.411 e. The zero-order chi connectivity index (χ0) is 38.7. The monoisotopic (exact) mass is 586 g/mol. The molecule has 0 radical (unpaired) electrons. The van der Waals surface area contributed by atoms with Crippen LogP contribution in [0.15, 0.2) is 71.8 Å². The van der Waals surface area contributed by atoms with Crippen molar-refractivity contribution in [1.82, 2.24) is 9.29 Å². The molecule has 1 aromatic heterocycles. The highest BCUT2D eigenvalue weighted by molar-refractivity contribution is 7.90. The Bertz CT molecular complexity index is 2150. The highest BCUT2D eigenvalue weighted by atomic mass is 32.2. The van der Waals surface area contributed by atoms with E-state index >= 15 is 0 Å². The summed E-state index contributed by atoms with van der Waals surface area (Å²) in [5.74, 6) is -1.45. The molecule has 1 fully saturated rings. The van der Waals surface area contributed by atoms with Crippen molar-refractivity contribution in [2.75, 3.05) is 12.4 Å². The molecule has 10 heteroatoms. The van der Waals surface area contributed by atoms with Gasteiger partial charge in [-0.25, -0.2) is 17.9 Å². The van der Waals surface area contributed by atoms with Crippen LogP contribution < -0.4 is 14.8 Å². The van der Waals surface area contributed by atoms with Gasteiger partial charge in [-0.15, -0.1) is 0 Å². The second-order valence-corrected chi connectivity index (χ2v) is 10.9. The van der Waals surface area contributed by atoms with Gasteiger partial charge in [-0.2, -0.15) is 0 Å². The third-order valence-corrected chi connectivity index (χ3v) is 7.82. The van der Waals surface area contributed by atoms with Crippen LogP contribution in [0.25, 0.3) is 10.9 Å². The van der Waals surface area contributed by atoms with Gasteiger partial charge in [-0.3, -0.25) is 10.1 Å². The quantitative estimate of drug-likeness (QED) is 0.274. The number of nitrogens with one attached hydrogen (secondary N) is 2. The van der Waals surface area contributed by atoms with Crippen molar-refractivity contribution in [3.63, 3.8) is 0 Å². The first-order valence-electron chi connectivity index (χ1n) is 17.9. The molecule has 1 heterocycles. The fraction of sp³-hybridized carbons (Fsp3) is 0.290. The lowest BCUT2D eigenvalue weighted by atomic mass is 10.0. The zero-order valence-corrected chi connectivity index (χ0v) is 22.6. The van der Waals surface area contributed by atoms with Crippen molar-refractivity contribution in [2.24, 2.45) is 7.05 Å². The molecule has 4 aromatic rings. The predicted molar refractivity (Wildman–Crippen MR) is 157 cm³/mol. The number of aromatic nitrogens is 1. The molecule has 2 amide bonds. The van der Waals surface area contributed by atoms with Crippen molar-refractivity contribution < 1.29 is 42.6 Å². The fourth-order valence-corrected chi connectivity index (χ4v) is 5.58. The molecule has 0 saturated heterocycles. The van der Waals surface area contributed by atoms with Crippen LogP contribution in [0.5, 0.6) is 5.75 Å². The first-order valence-corrected chi connectivity index (χ1v) is 13.9. The number of benzene rings is 3. The molecular weight excluding hydrogens is 542 g/mol. The summed E-state index contributed by atoms with van der Waals surface area (Å²) in [6.07, 6.45) is -7.79. The number of aryl methyl sites for hydroxylation is 2. The lowest BCUT2D eigenvalue weighted by Gasteiger charge is -2.13. The molecule has 9 nitrogen and oxygen atoms in total. The number of sulfonamides is 1. The molecule has 0 atom stereocenters. The van der Waals surface area contributed by atoms with Crippen LogP contribution in [0.1, 0.15) is 67.7 Å². The number of fused-ring (bicyclic) bond motifs is 1. The summed E-state index contributed by atoms with van der Waals surface area (Å²) in [7, 11) is -5.93. The standard InChI is InChI=1S/C31H33N3O6S/c1-20-8-4-7-11-29(20)41(37,38)33-30(35)22-13-12-21(28(17-22)39-3)16-23-19-34(2)27-15-14-24(18-26(23)27)32-31(36)40-25-9-5-6-10-25/h4,7-8,11-15,17-19,25H,5-6,9-10,16H2,1-3H3,(H,32,36)(H,33,35)/i1D3,3D3,9D2,10D2,25D. The molecule has 1 aliphatic rings. The Morgan fingerprint density at radius 3 is 2.68 bits per heavy atom. The number of carbonyl (C=O) groups is 2. The van der Waals surface area contributed by atoms with E-state index in [2.05, 4.69) is 5.32 Å². The summed E-state index contributed by atoms with van der Waals surface area (Å²) in [4.78, 5) is 25.3. The van der Waals surface area contributed by atoms with E-state index in [0.717, 1.165) is 18.2 Å². The van der Waals surface area contributed by atoms with Gasteiger partial charge in [0, 0.05) is 51.4 Å². The minimum absolute atomic E-state index is 0.0129. The number of rotatable bonds is 8. The van der Waals surface area contributed by atoms with E-state index < -0.39 is 65.2 Å². The average molecular weight is 587 g/mol. The van der Waals surface area contributed by atoms with Gasteiger partial charge < -0.3 is 14.0 Å². The highest BCUT2D eigenvalue weighted by Gasteiger charge is 2.22. The van der Waals surface area contributed by atoms with E-state index in [1.54, 1.807) is 29.9 Å². The molecule has 3 aromatic carbocycles. The first-order chi connectivity index (χ1) is 23.8. The molecule has 214 valence electrons. The van der Waals surface area contributed by atoms with Crippen LogP contribution in [0, 0.1) is 6.85 Å². The summed E-state index contributed by atoms with van der Waals surface area (Å²) in [5.41, 5.74) is 0.902. The Balaban J connectivity index is 1.43. The first kappa shape index (κ1) is 17.5. The second-order valence-electron chi connectivity index (χ2n) is 9.23. The van der Waals surface area contributed by atoms with Gasteiger partial charge >= 0.3 is 6.09 Å². The average Bonchev–Trinajstić information content (AvgIpc) is 3.40. The van der Waals surface area contributed by atoms with Crippen molar-refractivity contribution in [3.05, 3.63) is 89.1 Å². The van der Waals surface area contributed by atoms with Crippen molar-refractivity contribution >= 4 is 38.6 Å². The van der Waals surface area contributed by atoms with E-state index in [-0.39, 0.29) is 41.8 Å². The van der Waals surface area contributed by atoms with Gasteiger partial charge in [0.25, 0.3) is 15.9 Å². The van der Waals surface area contributed by atoms with Gasteiger partial charge in [0.1, 0.15) is 11.8 Å². The highest BCUT2D eigenvalue weighted by Crippen LogP contribution is 2.30. The van der Waals surface area contributed by atoms with Crippen LogP contribution in [0.2, 0.25) is 0 Å². The molecule has 2 N–H and O–H groups in total. The Morgan fingerprint density at radius 1 is 1.10 bits per heavy atom. The minimum Gasteiger partial charge on any atom is -0.496 e. The SMILES string of the molecule is [2H]C([2H])([2H])Oc1cc(C(=O)NS(=O)(=O)c2ccccc2C([2H])([2H])[2H])ccc1Cc1cn(C)c2ccc(NC(=O)OC3([2H])C([2H])([2H])CCC3([2H])[2H])cc12. The van der Waals surface area contributed by atoms with Crippen LogP contribution in [0.4, 0.5) is 10.5 Å². The molecule has 1 saturated carbocycles. The predicted octanol–water partition coefficient (Wildman–Crippen LogP) is 5.70. The second kappa shape index (κ2) is 11.7. The number of ether oxygens (including phenoxy) is 2. The Morgan fingerprint density at radius 2 is 1.90 bits per heavy atom. The Hall–Kier alpha value is -4.31. The number of anilines is 1. The van der Waals surface area contributed by atoms with E-state index in [0.29, 0.717) is 16.5 Å². The van der Waals surface area contributed by atoms with E-state index in [1.807, 2.05) is 4.72 Å². The summed E-state index contributed by atoms with van der Waals surface area (Å²) in [6, 6.07) is 13.2. The van der Waals surface area contributed by atoms with Crippen LogP contribution in [0.3, 0.4) is 0 Å². The molecule has 0 bridgehead atoms. The molecular formula is C31H33N3O6S. The number of nitrogens with zero attached hydrogens (tertiary/aromatic N) is 1. The van der Waals surface area contributed by atoms with Crippen LogP contribution in [-0.2, 0) is 28.2 Å². The maximum Gasteiger partial charge on any atom is 0.411 e. The number of methoxy groups -OCH3 is 1. The van der Waals surface area contributed by atoms with E-state index in [4.69, 9.17) is 24.6 Å². The molecule has 41 heavy (non-hydrogen) atoms. The van der Waals surface area contributed by atoms with Gasteiger partial charge in [0.2, 0.25) is 0 Å². The zero-order valence-electron chi connectivity index (χ0n) is 32.8. The summed E-state index contributed by atoms with van der Waals surface area (Å²) >= 11 is 0. The van der Waals surface area contributed by atoms with Gasteiger partial charge in [0.15, 0.2) is 0 Å². The third-order valence-electron chi connectivity index (χ3n) is 6.43.